The first-order chi connectivity index (χ1) is 11.3. The molecule has 0 aliphatic carbocycles. The van der Waals surface area contributed by atoms with Crippen LogP contribution in [0.3, 0.4) is 0 Å². The average Bonchev–Trinajstić information content (AvgIpc) is 2.61. The largest absolute Gasteiger partial charge is 0.256 e. The molecule has 0 fully saturated rings. The lowest BCUT2D eigenvalue weighted by Gasteiger charge is -2.07. The minimum atomic E-state index is 0.727. The van der Waals surface area contributed by atoms with Crippen LogP contribution in [0.15, 0.2) is 60.8 Å². The number of hydrogen-bond acceptors (Lipinski definition) is 3. The molecule has 2 aromatic heterocycles. The quantitative estimate of drug-likeness (QED) is 0.554. The van der Waals surface area contributed by atoms with E-state index in [0.717, 1.165) is 39.2 Å². The number of benzene rings is 1. The van der Waals surface area contributed by atoms with Crippen molar-refractivity contribution in [2.75, 3.05) is 0 Å². The Labute approximate surface area is 134 Å². The molecule has 0 N–H and O–H groups in total. The molecule has 0 saturated heterocycles. The molecule has 0 amide bonds. The van der Waals surface area contributed by atoms with Crippen LogP contribution in [0.1, 0.15) is 5.69 Å². The molecule has 0 atom stereocenters. The number of pyridine rings is 1. The minimum absolute atomic E-state index is 0.727. The molecule has 0 unspecified atom stereocenters. The van der Waals surface area contributed by atoms with E-state index < -0.39 is 0 Å². The Bertz CT molecular complexity index is 973. The van der Waals surface area contributed by atoms with Gasteiger partial charge in [-0.3, -0.25) is 4.98 Å². The molecule has 0 radical (unpaired) electrons. The number of fused-ring (bicyclic) bond motifs is 1. The molecule has 3 nitrogen and oxygen atoms in total. The first-order valence-corrected chi connectivity index (χ1v) is 7.40. The summed E-state index contributed by atoms with van der Waals surface area (Å²) in [5.41, 5.74) is 4.69. The molecule has 0 saturated carbocycles. The molecule has 2 heterocycles. The number of rotatable bonds is 2. The molecular formula is C20H13N3. The van der Waals surface area contributed by atoms with Crippen LogP contribution in [-0.2, 0) is 0 Å². The van der Waals surface area contributed by atoms with Gasteiger partial charge in [0.15, 0.2) is 5.82 Å². The predicted molar refractivity (Wildman–Crippen MR) is 90.6 cm³/mol. The SMILES string of the molecule is Cc1cc(-c2ccnc3ccc#cc23)nc(-c2ccccc2)n1. The van der Waals surface area contributed by atoms with Crippen molar-refractivity contribution in [1.82, 2.24) is 15.0 Å². The van der Waals surface area contributed by atoms with Crippen molar-refractivity contribution in [3.8, 4) is 22.6 Å². The highest BCUT2D eigenvalue weighted by Gasteiger charge is 2.09. The number of nitrogens with zero attached hydrogens (tertiary/aromatic N) is 3. The first kappa shape index (κ1) is 13.4. The monoisotopic (exact) mass is 295 g/mol. The zero-order valence-electron chi connectivity index (χ0n) is 12.6. The predicted octanol–water partition coefficient (Wildman–Crippen LogP) is 4.27. The van der Waals surface area contributed by atoms with E-state index in [4.69, 9.17) is 4.98 Å². The standard InChI is InChI=1S/C20H13N3/c1-14-13-19(23-20(22-14)15-7-3-2-4-8-15)17-11-12-21-18-10-6-5-9-16(17)18/h2-4,6-8,10-13H,1H3. The summed E-state index contributed by atoms with van der Waals surface area (Å²) in [7, 11) is 0. The summed E-state index contributed by atoms with van der Waals surface area (Å²) >= 11 is 0. The molecule has 4 rings (SSSR count). The van der Waals surface area contributed by atoms with Crippen molar-refractivity contribution in [1.29, 1.82) is 0 Å². The van der Waals surface area contributed by atoms with Gasteiger partial charge in [-0.2, -0.15) is 0 Å². The Morgan fingerprint density at radius 2 is 1.83 bits per heavy atom. The smallest absolute Gasteiger partial charge is 0.160 e. The maximum Gasteiger partial charge on any atom is 0.160 e. The van der Waals surface area contributed by atoms with Gasteiger partial charge < -0.3 is 0 Å². The lowest BCUT2D eigenvalue weighted by molar-refractivity contribution is 1.12. The van der Waals surface area contributed by atoms with Crippen molar-refractivity contribution in [2.24, 2.45) is 0 Å². The summed E-state index contributed by atoms with van der Waals surface area (Å²) < 4.78 is 0. The van der Waals surface area contributed by atoms with Crippen molar-refractivity contribution in [3.63, 3.8) is 0 Å². The second-order valence-corrected chi connectivity index (χ2v) is 5.31. The molecule has 0 aliphatic heterocycles. The number of aryl methyl sites for hydroxylation is 1. The lowest BCUT2D eigenvalue weighted by Crippen LogP contribution is -1.95. The lowest BCUT2D eigenvalue weighted by atomic mass is 10.1. The molecule has 0 spiro atoms. The molecular weight excluding hydrogens is 282 g/mol. The van der Waals surface area contributed by atoms with Gasteiger partial charge in [0.05, 0.1) is 16.6 Å². The minimum Gasteiger partial charge on any atom is -0.256 e. The van der Waals surface area contributed by atoms with Gasteiger partial charge in [0.2, 0.25) is 0 Å². The van der Waals surface area contributed by atoms with Crippen molar-refractivity contribution in [2.45, 2.75) is 6.92 Å². The van der Waals surface area contributed by atoms with E-state index in [-0.39, 0.29) is 0 Å². The normalized spacial score (nSPS) is 10.5. The summed E-state index contributed by atoms with van der Waals surface area (Å²) in [4.78, 5) is 13.7. The third-order valence-corrected chi connectivity index (χ3v) is 3.66. The Balaban J connectivity index is 1.94. The average molecular weight is 295 g/mol. The van der Waals surface area contributed by atoms with E-state index in [1.54, 1.807) is 6.20 Å². The van der Waals surface area contributed by atoms with Crippen LogP contribution in [-0.4, -0.2) is 15.0 Å². The first-order valence-electron chi connectivity index (χ1n) is 7.40. The third-order valence-electron chi connectivity index (χ3n) is 3.66. The molecule has 23 heavy (non-hydrogen) atoms. The second-order valence-electron chi connectivity index (χ2n) is 5.31. The summed E-state index contributed by atoms with van der Waals surface area (Å²) in [6, 6.07) is 23.9. The zero-order valence-corrected chi connectivity index (χ0v) is 12.6. The highest BCUT2D eigenvalue weighted by Crippen LogP contribution is 2.26. The number of aromatic nitrogens is 3. The fourth-order valence-electron chi connectivity index (χ4n) is 2.61. The van der Waals surface area contributed by atoms with E-state index in [2.05, 4.69) is 22.1 Å². The maximum atomic E-state index is 4.75. The maximum absolute atomic E-state index is 4.75. The Morgan fingerprint density at radius 1 is 0.957 bits per heavy atom. The van der Waals surface area contributed by atoms with E-state index in [9.17, 15) is 0 Å². The highest BCUT2D eigenvalue weighted by molar-refractivity contribution is 5.92. The van der Waals surface area contributed by atoms with Gasteiger partial charge >= 0.3 is 0 Å². The Morgan fingerprint density at radius 3 is 2.70 bits per heavy atom. The van der Waals surface area contributed by atoms with E-state index in [0.29, 0.717) is 0 Å². The molecule has 4 aromatic rings. The van der Waals surface area contributed by atoms with E-state index in [1.807, 2.05) is 61.5 Å². The van der Waals surface area contributed by atoms with Crippen molar-refractivity contribution in [3.05, 3.63) is 78.6 Å². The van der Waals surface area contributed by atoms with Crippen molar-refractivity contribution < 1.29 is 0 Å². The Hall–Kier alpha value is -3.25. The molecule has 3 heteroatoms. The topological polar surface area (TPSA) is 38.7 Å². The summed E-state index contributed by atoms with van der Waals surface area (Å²) in [6.45, 7) is 1.98. The van der Waals surface area contributed by atoms with Crippen LogP contribution < -0.4 is 0 Å². The van der Waals surface area contributed by atoms with Crippen LogP contribution in [0, 0.1) is 19.1 Å². The van der Waals surface area contributed by atoms with Crippen LogP contribution in [0.4, 0.5) is 0 Å². The summed E-state index contributed by atoms with van der Waals surface area (Å²) in [5, 5.41) is 0.923. The van der Waals surface area contributed by atoms with E-state index >= 15 is 0 Å². The van der Waals surface area contributed by atoms with Gasteiger partial charge in [-0.05, 0) is 31.2 Å². The van der Waals surface area contributed by atoms with Gasteiger partial charge in [-0.15, -0.1) is 0 Å². The van der Waals surface area contributed by atoms with Crippen LogP contribution in [0.5, 0.6) is 0 Å². The van der Waals surface area contributed by atoms with E-state index in [1.165, 1.54) is 0 Å². The van der Waals surface area contributed by atoms with Gasteiger partial charge in [-0.1, -0.05) is 42.5 Å². The van der Waals surface area contributed by atoms with Gasteiger partial charge in [-0.25, -0.2) is 9.97 Å². The molecule has 108 valence electrons. The van der Waals surface area contributed by atoms with Crippen molar-refractivity contribution >= 4 is 10.9 Å². The molecule has 0 bridgehead atoms. The van der Waals surface area contributed by atoms with Gasteiger partial charge in [0.25, 0.3) is 0 Å². The fourth-order valence-corrected chi connectivity index (χ4v) is 2.61. The van der Waals surface area contributed by atoms with Gasteiger partial charge in [0, 0.05) is 23.0 Å². The number of hydrogen-bond donors (Lipinski definition) is 0. The van der Waals surface area contributed by atoms with Crippen LogP contribution in [0.25, 0.3) is 33.5 Å². The molecule has 0 aliphatic rings. The fraction of sp³-hybridized carbons (Fsp3) is 0.0500. The van der Waals surface area contributed by atoms with Gasteiger partial charge in [0.1, 0.15) is 0 Å². The van der Waals surface area contributed by atoms with Crippen LogP contribution in [0.2, 0.25) is 0 Å². The summed E-state index contributed by atoms with van der Waals surface area (Å²) in [6.07, 6.45) is 1.80. The highest BCUT2D eigenvalue weighted by atomic mass is 14.9. The summed E-state index contributed by atoms with van der Waals surface area (Å²) in [5.74, 6) is 0.727. The third kappa shape index (κ3) is 2.51. The molecule has 2 aromatic carbocycles. The Kier molecular flexibility index (Phi) is 3.21. The second kappa shape index (κ2) is 5.51. The van der Waals surface area contributed by atoms with Crippen LogP contribution >= 0.6 is 0 Å². The zero-order chi connectivity index (χ0) is 15.6.